The molecule has 0 aliphatic carbocycles. The van der Waals surface area contributed by atoms with E-state index in [2.05, 4.69) is 5.32 Å². The third kappa shape index (κ3) is 4.72. The van der Waals surface area contributed by atoms with Gasteiger partial charge in [0.25, 0.3) is 0 Å². The van der Waals surface area contributed by atoms with Gasteiger partial charge in [0.2, 0.25) is 0 Å². The van der Waals surface area contributed by atoms with E-state index in [4.69, 9.17) is 13.9 Å². The number of nitrogens with one attached hydrogen (secondary N) is 1. The molecule has 0 saturated carbocycles. The zero-order chi connectivity index (χ0) is 17.0. The highest BCUT2D eigenvalue weighted by Crippen LogP contribution is 2.22. The fraction of sp³-hybridized carbons (Fsp3) is 0.625. The van der Waals surface area contributed by atoms with Crippen LogP contribution in [0.5, 0.6) is 0 Å². The zero-order valence-electron chi connectivity index (χ0n) is 14.0. The molecule has 0 bridgehead atoms. The van der Waals surface area contributed by atoms with Crippen molar-refractivity contribution in [2.24, 2.45) is 0 Å². The van der Waals surface area contributed by atoms with Crippen molar-refractivity contribution in [1.29, 1.82) is 0 Å². The highest BCUT2D eigenvalue weighted by Gasteiger charge is 2.42. The molecule has 0 unspecified atom stereocenters. The first-order valence-electron chi connectivity index (χ1n) is 7.63. The number of rotatable bonds is 4. The van der Waals surface area contributed by atoms with Gasteiger partial charge in [-0.2, -0.15) is 0 Å². The van der Waals surface area contributed by atoms with Gasteiger partial charge in [-0.3, -0.25) is 4.90 Å². The van der Waals surface area contributed by atoms with Crippen LogP contribution < -0.4 is 5.32 Å². The number of likely N-dealkylation sites (tertiary alicyclic amines) is 1. The van der Waals surface area contributed by atoms with E-state index in [0.717, 1.165) is 5.76 Å². The van der Waals surface area contributed by atoms with Gasteiger partial charge in [-0.25, -0.2) is 9.59 Å². The minimum atomic E-state index is -0.635. The van der Waals surface area contributed by atoms with E-state index in [1.54, 1.807) is 27.0 Å². The van der Waals surface area contributed by atoms with Crippen LogP contribution in [0.15, 0.2) is 22.8 Å². The first-order chi connectivity index (χ1) is 10.8. The summed E-state index contributed by atoms with van der Waals surface area (Å²) >= 11 is 0. The maximum Gasteiger partial charge on any atom is 0.411 e. The molecule has 1 N–H and O–H groups in total. The third-order valence-corrected chi connectivity index (χ3v) is 3.55. The second-order valence-electron chi connectivity index (χ2n) is 6.56. The van der Waals surface area contributed by atoms with E-state index in [1.165, 1.54) is 12.0 Å². The summed E-state index contributed by atoms with van der Waals surface area (Å²) in [5, 5.41) is 3.29. The third-order valence-electron chi connectivity index (χ3n) is 3.55. The van der Waals surface area contributed by atoms with Crippen LogP contribution in [0.2, 0.25) is 0 Å². The lowest BCUT2D eigenvalue weighted by molar-refractivity contribution is -0.145. The van der Waals surface area contributed by atoms with Crippen LogP contribution in [0.25, 0.3) is 0 Å². The predicted octanol–water partition coefficient (Wildman–Crippen LogP) is 1.92. The van der Waals surface area contributed by atoms with Crippen molar-refractivity contribution in [2.45, 2.75) is 51.4 Å². The molecular formula is C16H24N2O5. The van der Waals surface area contributed by atoms with Gasteiger partial charge < -0.3 is 19.2 Å². The maximum absolute atomic E-state index is 12.3. The van der Waals surface area contributed by atoms with Crippen LogP contribution in [0.3, 0.4) is 0 Å². The van der Waals surface area contributed by atoms with Crippen molar-refractivity contribution in [3.05, 3.63) is 24.2 Å². The van der Waals surface area contributed by atoms with E-state index >= 15 is 0 Å². The van der Waals surface area contributed by atoms with Crippen LogP contribution in [-0.4, -0.2) is 48.3 Å². The summed E-state index contributed by atoms with van der Waals surface area (Å²) in [6, 6.07) is 3.02. The fourth-order valence-electron chi connectivity index (χ4n) is 2.52. The lowest BCUT2D eigenvalue weighted by atomic mass is 10.1. The molecule has 2 atom stereocenters. The van der Waals surface area contributed by atoms with Crippen molar-refractivity contribution in [2.75, 3.05) is 13.7 Å². The van der Waals surface area contributed by atoms with Crippen LogP contribution in [0, 0.1) is 0 Å². The lowest BCUT2D eigenvalue weighted by Crippen LogP contribution is -2.44. The summed E-state index contributed by atoms with van der Waals surface area (Å²) < 4.78 is 15.5. The van der Waals surface area contributed by atoms with Gasteiger partial charge >= 0.3 is 12.1 Å². The molecule has 1 fully saturated rings. The lowest BCUT2D eigenvalue weighted by Gasteiger charge is -2.27. The molecule has 0 spiro atoms. The van der Waals surface area contributed by atoms with Crippen LogP contribution in [-0.2, 0) is 20.8 Å². The standard InChI is InChI=1S/C16H24N2O5/c1-16(2,3)23-15(20)18-10-11(8-13(18)14(19)21-4)17-9-12-6-5-7-22-12/h5-7,11,13,17H,8-10H2,1-4H3/t11-,13-/m0/s1. The molecular weight excluding hydrogens is 300 g/mol. The SMILES string of the molecule is COC(=O)[C@@H]1C[C@H](NCc2ccco2)CN1C(=O)OC(C)(C)C. The van der Waals surface area contributed by atoms with E-state index in [0.29, 0.717) is 19.5 Å². The van der Waals surface area contributed by atoms with E-state index in [9.17, 15) is 9.59 Å². The molecule has 1 amide bonds. The fourth-order valence-corrected chi connectivity index (χ4v) is 2.52. The Hall–Kier alpha value is -2.02. The van der Waals surface area contributed by atoms with Crippen molar-refractivity contribution in [1.82, 2.24) is 10.2 Å². The Balaban J connectivity index is 2.00. The molecule has 7 nitrogen and oxygen atoms in total. The Morgan fingerprint density at radius 1 is 1.43 bits per heavy atom. The molecule has 2 heterocycles. The highest BCUT2D eigenvalue weighted by atomic mass is 16.6. The first-order valence-corrected chi connectivity index (χ1v) is 7.63. The summed E-state index contributed by atoms with van der Waals surface area (Å²) in [5.74, 6) is 0.369. The number of furan rings is 1. The summed E-state index contributed by atoms with van der Waals surface area (Å²) in [4.78, 5) is 25.7. The average Bonchev–Trinajstić information content (AvgIpc) is 3.11. The normalized spacial score (nSPS) is 21.3. The van der Waals surface area contributed by atoms with Gasteiger partial charge in [0, 0.05) is 12.6 Å². The Morgan fingerprint density at radius 2 is 2.17 bits per heavy atom. The molecule has 0 radical (unpaired) electrons. The number of carbonyl (C=O) groups is 2. The van der Waals surface area contributed by atoms with Gasteiger partial charge in [0.05, 0.1) is 19.9 Å². The Kier molecular flexibility index (Phi) is 5.30. The van der Waals surface area contributed by atoms with E-state index < -0.39 is 23.7 Å². The molecule has 1 aromatic heterocycles. The molecule has 7 heteroatoms. The number of hydrogen-bond donors (Lipinski definition) is 1. The van der Waals surface area contributed by atoms with Gasteiger partial charge in [0.1, 0.15) is 17.4 Å². The van der Waals surface area contributed by atoms with Crippen molar-refractivity contribution in [3.8, 4) is 0 Å². The van der Waals surface area contributed by atoms with Crippen molar-refractivity contribution < 1.29 is 23.5 Å². The minimum absolute atomic E-state index is 0.0308. The molecule has 2 rings (SSSR count). The number of hydrogen-bond acceptors (Lipinski definition) is 6. The Bertz CT molecular complexity index is 535. The largest absolute Gasteiger partial charge is 0.468 e. The topological polar surface area (TPSA) is 81.0 Å². The quantitative estimate of drug-likeness (QED) is 0.852. The number of amides is 1. The average molecular weight is 324 g/mol. The van der Waals surface area contributed by atoms with Crippen molar-refractivity contribution in [3.63, 3.8) is 0 Å². The molecule has 0 aromatic carbocycles. The number of nitrogens with zero attached hydrogens (tertiary/aromatic N) is 1. The van der Waals surface area contributed by atoms with Gasteiger partial charge in [-0.1, -0.05) is 0 Å². The molecule has 1 aliphatic heterocycles. The van der Waals surface area contributed by atoms with Crippen LogP contribution in [0.1, 0.15) is 33.0 Å². The molecule has 1 saturated heterocycles. The minimum Gasteiger partial charge on any atom is -0.468 e. The highest BCUT2D eigenvalue weighted by molar-refractivity contribution is 5.82. The van der Waals surface area contributed by atoms with E-state index in [-0.39, 0.29) is 6.04 Å². The van der Waals surface area contributed by atoms with Gasteiger partial charge in [0.15, 0.2) is 0 Å². The van der Waals surface area contributed by atoms with Gasteiger partial charge in [-0.15, -0.1) is 0 Å². The first kappa shape index (κ1) is 17.3. The molecule has 1 aromatic rings. The predicted molar refractivity (Wildman–Crippen MR) is 82.7 cm³/mol. The second-order valence-corrected chi connectivity index (χ2v) is 6.56. The summed E-state index contributed by atoms with van der Waals surface area (Å²) in [6.07, 6.45) is 1.58. The Labute approximate surface area is 135 Å². The monoisotopic (exact) mass is 324 g/mol. The van der Waals surface area contributed by atoms with Crippen LogP contribution in [0.4, 0.5) is 4.79 Å². The molecule has 1 aliphatic rings. The maximum atomic E-state index is 12.3. The number of ether oxygens (including phenoxy) is 2. The van der Waals surface area contributed by atoms with Crippen LogP contribution >= 0.6 is 0 Å². The summed E-state index contributed by atoms with van der Waals surface area (Å²) in [7, 11) is 1.32. The Morgan fingerprint density at radius 3 is 2.74 bits per heavy atom. The number of carbonyl (C=O) groups excluding carboxylic acids is 2. The van der Waals surface area contributed by atoms with E-state index in [1.807, 2.05) is 12.1 Å². The number of esters is 1. The molecule has 23 heavy (non-hydrogen) atoms. The summed E-state index contributed by atoms with van der Waals surface area (Å²) in [5.41, 5.74) is -0.614. The van der Waals surface area contributed by atoms with Gasteiger partial charge in [-0.05, 0) is 39.3 Å². The zero-order valence-corrected chi connectivity index (χ0v) is 14.0. The van der Waals surface area contributed by atoms with Crippen molar-refractivity contribution >= 4 is 12.1 Å². The number of methoxy groups -OCH3 is 1. The molecule has 128 valence electrons. The second kappa shape index (κ2) is 7.04. The summed E-state index contributed by atoms with van der Waals surface area (Å²) in [6.45, 7) is 6.30. The smallest absolute Gasteiger partial charge is 0.411 e.